The van der Waals surface area contributed by atoms with Crippen molar-refractivity contribution in [3.63, 3.8) is 0 Å². The van der Waals surface area contributed by atoms with Crippen molar-refractivity contribution < 1.29 is 9.53 Å². The molecule has 5 nitrogen and oxygen atoms in total. The highest BCUT2D eigenvalue weighted by molar-refractivity contribution is 5.68. The summed E-state index contributed by atoms with van der Waals surface area (Å²) in [5.41, 5.74) is 7.03. The summed E-state index contributed by atoms with van der Waals surface area (Å²) in [4.78, 5) is 12.0. The van der Waals surface area contributed by atoms with Crippen LogP contribution in [-0.4, -0.2) is 24.3 Å². The molecule has 0 aliphatic carbocycles. The molecule has 0 radical (unpaired) electrons. The molecule has 0 aliphatic heterocycles. The normalized spacial score (nSPS) is 14.0. The van der Waals surface area contributed by atoms with Crippen molar-refractivity contribution in [3.8, 4) is 0 Å². The van der Waals surface area contributed by atoms with Crippen LogP contribution in [0.25, 0.3) is 5.70 Å². The van der Waals surface area contributed by atoms with Gasteiger partial charge in [0.25, 0.3) is 0 Å². The van der Waals surface area contributed by atoms with Crippen LogP contribution in [0.4, 0.5) is 4.79 Å². The molecule has 1 aromatic rings. The van der Waals surface area contributed by atoms with Crippen LogP contribution in [0.3, 0.4) is 0 Å². The number of benzene rings is 1. The number of hydrogen-bond donors (Lipinski definition) is 3. The van der Waals surface area contributed by atoms with E-state index in [2.05, 4.69) is 31.4 Å². The fourth-order valence-corrected chi connectivity index (χ4v) is 2.02. The molecule has 0 saturated heterocycles. The summed E-state index contributed by atoms with van der Waals surface area (Å²) < 4.78 is 5.34. The number of nitrogens with one attached hydrogen (secondary N) is 2. The van der Waals surface area contributed by atoms with Gasteiger partial charge in [0.1, 0.15) is 5.60 Å². The molecule has 0 fully saturated rings. The monoisotopic (exact) mass is 333 g/mol. The van der Waals surface area contributed by atoms with Crippen LogP contribution in [0.15, 0.2) is 36.5 Å². The van der Waals surface area contributed by atoms with Crippen molar-refractivity contribution in [2.45, 2.75) is 53.2 Å². The molecule has 0 spiro atoms. The first-order valence-corrected chi connectivity index (χ1v) is 8.23. The number of hydrogen-bond acceptors (Lipinski definition) is 4. The molecule has 1 atom stereocenters. The van der Waals surface area contributed by atoms with Gasteiger partial charge in [-0.25, -0.2) is 4.79 Å². The number of ether oxygens (including phenoxy) is 1. The molecule has 5 heteroatoms. The molecule has 134 valence electrons. The summed E-state index contributed by atoms with van der Waals surface area (Å²) >= 11 is 0. The molecule has 0 saturated carbocycles. The van der Waals surface area contributed by atoms with Gasteiger partial charge in [0, 0.05) is 12.7 Å². The average Bonchev–Trinajstić information content (AvgIpc) is 2.44. The fourth-order valence-electron chi connectivity index (χ4n) is 2.02. The van der Waals surface area contributed by atoms with Crippen molar-refractivity contribution in [3.05, 3.63) is 42.1 Å². The van der Waals surface area contributed by atoms with Gasteiger partial charge in [0.2, 0.25) is 0 Å². The quantitative estimate of drug-likeness (QED) is 0.771. The minimum Gasteiger partial charge on any atom is -0.444 e. The van der Waals surface area contributed by atoms with Gasteiger partial charge in [-0.2, -0.15) is 0 Å². The maximum absolute atomic E-state index is 12.0. The third-order valence-corrected chi connectivity index (χ3v) is 3.42. The molecule has 24 heavy (non-hydrogen) atoms. The Kier molecular flexibility index (Phi) is 6.70. The van der Waals surface area contributed by atoms with Gasteiger partial charge < -0.3 is 21.1 Å². The first-order chi connectivity index (χ1) is 11.0. The van der Waals surface area contributed by atoms with E-state index in [9.17, 15) is 4.79 Å². The van der Waals surface area contributed by atoms with Gasteiger partial charge in [-0.3, -0.25) is 0 Å². The Balaban J connectivity index is 2.66. The Morgan fingerprint density at radius 3 is 2.25 bits per heavy atom. The molecule has 0 aliphatic rings. The van der Waals surface area contributed by atoms with E-state index in [1.54, 1.807) is 6.20 Å². The second-order valence-corrected chi connectivity index (χ2v) is 7.94. The molecule has 1 amide bonds. The number of amides is 1. The van der Waals surface area contributed by atoms with E-state index in [0.717, 1.165) is 5.56 Å². The van der Waals surface area contributed by atoms with Crippen molar-refractivity contribution in [1.29, 1.82) is 0 Å². The maximum atomic E-state index is 12.0. The number of carbonyl (C=O) groups excluding carboxylic acids is 1. The second-order valence-electron chi connectivity index (χ2n) is 7.94. The van der Waals surface area contributed by atoms with Crippen LogP contribution in [-0.2, 0) is 4.74 Å². The summed E-state index contributed by atoms with van der Waals surface area (Å²) in [6, 6.07) is 9.63. The number of rotatable bonds is 5. The summed E-state index contributed by atoms with van der Waals surface area (Å²) in [6.07, 6.45) is 1.36. The molecule has 1 unspecified atom stereocenters. The summed E-state index contributed by atoms with van der Waals surface area (Å²) in [7, 11) is 0. The van der Waals surface area contributed by atoms with Gasteiger partial charge >= 0.3 is 6.09 Å². The largest absolute Gasteiger partial charge is 0.444 e. The SMILES string of the molecule is CC(C)(C)OC(=O)NC(CN/C=C(\N)c1ccccc1)C(C)(C)C. The van der Waals surface area contributed by atoms with Crippen molar-refractivity contribution in [2.75, 3.05) is 6.54 Å². The molecule has 0 bridgehead atoms. The third kappa shape index (κ3) is 7.40. The highest BCUT2D eigenvalue weighted by Gasteiger charge is 2.27. The molecule has 1 rings (SSSR count). The van der Waals surface area contributed by atoms with Crippen molar-refractivity contribution >= 4 is 11.8 Å². The Morgan fingerprint density at radius 2 is 1.75 bits per heavy atom. The van der Waals surface area contributed by atoms with Gasteiger partial charge in [-0.15, -0.1) is 0 Å². The smallest absolute Gasteiger partial charge is 0.407 e. The number of carbonyl (C=O) groups is 1. The Labute approximate surface area is 145 Å². The van der Waals surface area contributed by atoms with Gasteiger partial charge in [-0.05, 0) is 31.7 Å². The van der Waals surface area contributed by atoms with Crippen LogP contribution in [0, 0.1) is 5.41 Å². The minimum atomic E-state index is -0.516. The lowest BCUT2D eigenvalue weighted by molar-refractivity contribution is 0.0465. The van der Waals surface area contributed by atoms with Gasteiger partial charge in [-0.1, -0.05) is 51.1 Å². The highest BCUT2D eigenvalue weighted by Crippen LogP contribution is 2.19. The second kappa shape index (κ2) is 8.08. The van der Waals surface area contributed by atoms with Crippen LogP contribution >= 0.6 is 0 Å². The fraction of sp³-hybridized carbons (Fsp3) is 0.526. The van der Waals surface area contributed by atoms with Crippen molar-refractivity contribution in [2.24, 2.45) is 11.1 Å². The predicted molar refractivity (Wildman–Crippen MR) is 99.2 cm³/mol. The van der Waals surface area contributed by atoms with Crippen LogP contribution in [0.1, 0.15) is 47.1 Å². The molecular weight excluding hydrogens is 302 g/mol. The average molecular weight is 333 g/mol. The minimum absolute atomic E-state index is 0.104. The summed E-state index contributed by atoms with van der Waals surface area (Å²) in [5.74, 6) is 0. The van der Waals surface area contributed by atoms with E-state index in [1.165, 1.54) is 0 Å². The van der Waals surface area contributed by atoms with E-state index < -0.39 is 11.7 Å². The van der Waals surface area contributed by atoms with Crippen molar-refractivity contribution in [1.82, 2.24) is 10.6 Å². The lowest BCUT2D eigenvalue weighted by atomic mass is 9.87. The summed E-state index contributed by atoms with van der Waals surface area (Å²) in [6.45, 7) is 12.3. The zero-order valence-corrected chi connectivity index (χ0v) is 15.6. The number of alkyl carbamates (subject to hydrolysis) is 1. The van der Waals surface area contributed by atoms with E-state index in [-0.39, 0.29) is 11.5 Å². The highest BCUT2D eigenvalue weighted by atomic mass is 16.6. The van der Waals surface area contributed by atoms with E-state index in [1.807, 2.05) is 51.1 Å². The lowest BCUT2D eigenvalue weighted by Crippen LogP contribution is -2.50. The lowest BCUT2D eigenvalue weighted by Gasteiger charge is -2.32. The third-order valence-electron chi connectivity index (χ3n) is 3.42. The number of nitrogens with two attached hydrogens (primary N) is 1. The molecule has 0 aromatic heterocycles. The zero-order chi connectivity index (χ0) is 18.4. The Bertz CT molecular complexity index is 554. The van der Waals surface area contributed by atoms with Crippen LogP contribution < -0.4 is 16.4 Å². The van der Waals surface area contributed by atoms with Crippen LogP contribution in [0.2, 0.25) is 0 Å². The molecule has 0 heterocycles. The standard InChI is InChI=1S/C19H31N3O2/c1-18(2,3)16(22-17(23)24-19(4,5)6)13-21-12-15(20)14-10-8-7-9-11-14/h7-12,16,21H,13,20H2,1-6H3,(H,22,23)/b15-12-. The topological polar surface area (TPSA) is 76.4 Å². The predicted octanol–water partition coefficient (Wildman–Crippen LogP) is 3.47. The van der Waals surface area contributed by atoms with E-state index >= 15 is 0 Å². The summed E-state index contributed by atoms with van der Waals surface area (Å²) in [5, 5.41) is 6.13. The van der Waals surface area contributed by atoms with Gasteiger partial charge in [0.15, 0.2) is 0 Å². The molecule has 1 aromatic carbocycles. The van der Waals surface area contributed by atoms with E-state index in [0.29, 0.717) is 12.2 Å². The first kappa shape index (κ1) is 19.9. The van der Waals surface area contributed by atoms with Crippen LogP contribution in [0.5, 0.6) is 0 Å². The van der Waals surface area contributed by atoms with E-state index in [4.69, 9.17) is 10.5 Å². The first-order valence-electron chi connectivity index (χ1n) is 8.23. The maximum Gasteiger partial charge on any atom is 0.407 e. The molecular formula is C19H31N3O2. The Hall–Kier alpha value is -2.17. The zero-order valence-electron chi connectivity index (χ0n) is 15.6. The molecule has 4 N–H and O–H groups in total. The van der Waals surface area contributed by atoms with Gasteiger partial charge in [0.05, 0.1) is 11.7 Å². The Morgan fingerprint density at radius 1 is 1.17 bits per heavy atom.